The van der Waals surface area contributed by atoms with Crippen LogP contribution in [-0.2, 0) is 0 Å². The largest absolute Gasteiger partial charge is 0.392 e. The zero-order chi connectivity index (χ0) is 11.6. The Hall–Kier alpha value is -0.340. The summed E-state index contributed by atoms with van der Waals surface area (Å²) < 4.78 is 0. The van der Waals surface area contributed by atoms with E-state index in [9.17, 15) is 10.2 Å². The van der Waals surface area contributed by atoms with E-state index in [1.807, 2.05) is 0 Å². The van der Waals surface area contributed by atoms with Crippen molar-refractivity contribution in [3.05, 3.63) is 12.2 Å². The summed E-state index contributed by atoms with van der Waals surface area (Å²) in [5, 5.41) is 21.8. The van der Waals surface area contributed by atoms with E-state index in [-0.39, 0.29) is 23.0 Å². The Morgan fingerprint density at radius 2 is 1.28 bits per heavy atom. The SMILES string of the molecule is O[C@@H]1C[C@H]2[C@H]3C[C@H](O)[C@]45[C@@H]6C=C[C@H]7C6C([C@H]34)[C@H]2[C@]175. The molecule has 0 aromatic carbocycles. The molecule has 0 radical (unpaired) electrons. The molecule has 8 rings (SSSR count). The Morgan fingerprint density at radius 1 is 0.778 bits per heavy atom. The first kappa shape index (κ1) is 8.76. The van der Waals surface area contributed by atoms with E-state index in [2.05, 4.69) is 12.2 Å². The molecule has 0 amide bonds. The molecule has 8 aliphatic carbocycles. The van der Waals surface area contributed by atoms with Gasteiger partial charge in [0.2, 0.25) is 0 Å². The molecule has 0 aromatic rings. The maximum atomic E-state index is 10.9. The van der Waals surface area contributed by atoms with Crippen LogP contribution >= 0.6 is 0 Å². The van der Waals surface area contributed by atoms with Gasteiger partial charge in [-0.1, -0.05) is 12.2 Å². The maximum Gasteiger partial charge on any atom is 0.0614 e. The molecule has 8 aliphatic rings. The minimum Gasteiger partial charge on any atom is -0.392 e. The molecule has 0 heterocycles. The van der Waals surface area contributed by atoms with E-state index < -0.39 is 0 Å². The number of aliphatic hydroxyl groups is 2. The van der Waals surface area contributed by atoms with E-state index in [0.717, 1.165) is 48.3 Å². The van der Waals surface area contributed by atoms with Gasteiger partial charge in [-0.3, -0.25) is 0 Å². The van der Waals surface area contributed by atoms with Gasteiger partial charge in [-0.15, -0.1) is 0 Å². The normalized spacial score (nSPS) is 86.1. The van der Waals surface area contributed by atoms with Crippen LogP contribution in [-0.4, -0.2) is 22.4 Å². The summed E-state index contributed by atoms with van der Waals surface area (Å²) in [6.07, 6.45) is 6.76. The predicted octanol–water partition coefficient (Wildman–Crippen LogP) is 1.04. The lowest BCUT2D eigenvalue weighted by atomic mass is 9.52. The van der Waals surface area contributed by atoms with Crippen molar-refractivity contribution in [1.82, 2.24) is 0 Å². The Kier molecular flexibility index (Phi) is 0.953. The molecular weight excluding hydrogens is 224 g/mol. The Morgan fingerprint density at radius 3 is 1.78 bits per heavy atom. The molecule has 0 saturated heterocycles. The topological polar surface area (TPSA) is 40.5 Å². The van der Waals surface area contributed by atoms with Crippen molar-refractivity contribution in [2.75, 3.05) is 0 Å². The molecule has 0 aliphatic heterocycles. The van der Waals surface area contributed by atoms with Crippen molar-refractivity contribution >= 4 is 0 Å². The Labute approximate surface area is 106 Å². The van der Waals surface area contributed by atoms with Crippen LogP contribution in [0.2, 0.25) is 0 Å². The zero-order valence-electron chi connectivity index (χ0n) is 10.2. The molecule has 2 N–H and O–H groups in total. The molecule has 0 aromatic heterocycles. The van der Waals surface area contributed by atoms with Crippen molar-refractivity contribution in [3.8, 4) is 0 Å². The fourth-order valence-corrected chi connectivity index (χ4v) is 9.92. The maximum absolute atomic E-state index is 10.9. The summed E-state index contributed by atoms with van der Waals surface area (Å²) in [5.41, 5.74) is 0.257. The van der Waals surface area contributed by atoms with Crippen LogP contribution in [0.25, 0.3) is 0 Å². The second kappa shape index (κ2) is 1.96. The molecule has 12 atom stereocenters. The van der Waals surface area contributed by atoms with Crippen LogP contribution in [0.5, 0.6) is 0 Å². The average Bonchev–Trinajstić information content (AvgIpc) is 3.06. The third kappa shape index (κ3) is 0.419. The lowest BCUT2D eigenvalue weighted by Crippen LogP contribution is -2.56. The van der Waals surface area contributed by atoms with E-state index in [4.69, 9.17) is 0 Å². The molecule has 8 bridgehead atoms. The predicted molar refractivity (Wildman–Crippen MR) is 63.2 cm³/mol. The number of allylic oxidation sites excluding steroid dienone is 2. The first-order valence-corrected chi connectivity index (χ1v) is 7.80. The van der Waals surface area contributed by atoms with Crippen molar-refractivity contribution in [1.29, 1.82) is 0 Å². The highest BCUT2D eigenvalue weighted by Crippen LogP contribution is 2.99. The van der Waals surface area contributed by atoms with Gasteiger partial charge in [-0.2, -0.15) is 0 Å². The minimum atomic E-state index is -0.107. The van der Waals surface area contributed by atoms with Crippen LogP contribution in [0.1, 0.15) is 12.8 Å². The van der Waals surface area contributed by atoms with E-state index in [0.29, 0.717) is 11.8 Å². The van der Waals surface area contributed by atoms with Crippen LogP contribution in [0.3, 0.4) is 0 Å². The summed E-state index contributed by atoms with van der Waals surface area (Å²) in [5.74, 6) is 6.05. The lowest BCUT2D eigenvalue weighted by molar-refractivity contribution is -0.128. The molecule has 2 nitrogen and oxygen atoms in total. The molecule has 2 spiro atoms. The smallest absolute Gasteiger partial charge is 0.0614 e. The second-order valence-electron chi connectivity index (χ2n) is 8.34. The molecule has 2 unspecified atom stereocenters. The quantitative estimate of drug-likeness (QED) is 0.623. The Balaban J connectivity index is 1.71. The summed E-state index contributed by atoms with van der Waals surface area (Å²) in [4.78, 5) is 0. The first-order chi connectivity index (χ1) is 8.75. The monoisotopic (exact) mass is 242 g/mol. The third-order valence-electron chi connectivity index (χ3n) is 9.15. The number of fused-ring (bicyclic) bond motifs is 1. The second-order valence-corrected chi connectivity index (χ2v) is 8.34. The van der Waals surface area contributed by atoms with Gasteiger partial charge in [0, 0.05) is 10.8 Å². The van der Waals surface area contributed by atoms with Crippen molar-refractivity contribution in [2.45, 2.75) is 25.0 Å². The van der Waals surface area contributed by atoms with E-state index >= 15 is 0 Å². The summed E-state index contributed by atoms with van der Waals surface area (Å²) in [7, 11) is 0. The van der Waals surface area contributed by atoms with Gasteiger partial charge >= 0.3 is 0 Å². The third-order valence-corrected chi connectivity index (χ3v) is 9.15. The molecule has 7 saturated carbocycles. The molecule has 94 valence electrons. The van der Waals surface area contributed by atoms with Gasteiger partial charge in [0.25, 0.3) is 0 Å². The molecule has 18 heavy (non-hydrogen) atoms. The summed E-state index contributed by atoms with van der Waals surface area (Å²) in [6, 6.07) is 0. The fourth-order valence-electron chi connectivity index (χ4n) is 9.92. The lowest BCUT2D eigenvalue weighted by Gasteiger charge is -2.53. The van der Waals surface area contributed by atoms with Gasteiger partial charge in [0.15, 0.2) is 0 Å². The van der Waals surface area contributed by atoms with Gasteiger partial charge in [0.05, 0.1) is 12.2 Å². The highest BCUT2D eigenvalue weighted by Gasteiger charge is 2.98. The highest BCUT2D eigenvalue weighted by atomic mass is 16.3. The Bertz CT molecular complexity index is 509. The van der Waals surface area contributed by atoms with Gasteiger partial charge in [-0.05, 0) is 60.2 Å². The molecular formula is C16H18O2. The van der Waals surface area contributed by atoms with Crippen LogP contribution < -0.4 is 0 Å². The van der Waals surface area contributed by atoms with Crippen LogP contribution in [0.15, 0.2) is 12.2 Å². The number of hydrogen-bond donors (Lipinski definition) is 2. The van der Waals surface area contributed by atoms with Crippen molar-refractivity contribution in [3.63, 3.8) is 0 Å². The standard InChI is InChI=1S/C16H18O2/c17-9-3-5-6-4-10(18)16-8-2-1-7-11(8)12(14(6)16)13(5)15(7,9)16/h1-2,5-14,17-18H,3-4H2/t5-,6+,7-,8+,9+,10-,11?,12?,13-,14-,15+,16+/m0/s1. The molecule has 7 fully saturated rings. The summed E-state index contributed by atoms with van der Waals surface area (Å²) in [6.45, 7) is 0. The van der Waals surface area contributed by atoms with Gasteiger partial charge in [0.1, 0.15) is 0 Å². The summed E-state index contributed by atoms with van der Waals surface area (Å²) >= 11 is 0. The molecule has 2 heteroatoms. The average molecular weight is 242 g/mol. The zero-order valence-corrected chi connectivity index (χ0v) is 10.2. The highest BCUT2D eigenvalue weighted by molar-refractivity contribution is 5.50. The van der Waals surface area contributed by atoms with Crippen LogP contribution in [0, 0.1) is 58.2 Å². The van der Waals surface area contributed by atoms with Gasteiger partial charge < -0.3 is 10.2 Å². The number of rotatable bonds is 0. The van der Waals surface area contributed by atoms with E-state index in [1.165, 1.54) is 0 Å². The number of aliphatic hydroxyl groups excluding tert-OH is 2. The minimum absolute atomic E-state index is 0.107. The van der Waals surface area contributed by atoms with Gasteiger partial charge in [-0.25, -0.2) is 0 Å². The van der Waals surface area contributed by atoms with Crippen molar-refractivity contribution in [2.24, 2.45) is 58.2 Å². The first-order valence-electron chi connectivity index (χ1n) is 7.80. The van der Waals surface area contributed by atoms with Crippen LogP contribution in [0.4, 0.5) is 0 Å². The van der Waals surface area contributed by atoms with Crippen molar-refractivity contribution < 1.29 is 10.2 Å². The fraction of sp³-hybridized carbons (Fsp3) is 0.875. The number of hydrogen-bond acceptors (Lipinski definition) is 2. The van der Waals surface area contributed by atoms with E-state index in [1.54, 1.807) is 0 Å².